The highest BCUT2D eigenvalue weighted by Crippen LogP contribution is 2.36. The molecule has 2 rings (SSSR count). The Bertz CT molecular complexity index is 439. The van der Waals surface area contributed by atoms with Crippen LogP contribution in [0.2, 0.25) is 0 Å². The number of Topliss-reactive ketones (excluding diaryl/α,β-unsaturated/α-hetero) is 1. The minimum atomic E-state index is -0.186. The smallest absolute Gasteiger partial charge is 0.157 e. The second kappa shape index (κ2) is 6.53. The molecule has 2 heteroatoms. The Kier molecular flexibility index (Phi) is 4.98. The van der Waals surface area contributed by atoms with Crippen LogP contribution < -0.4 is 0 Å². The van der Waals surface area contributed by atoms with E-state index in [1.165, 1.54) is 18.4 Å². The molecule has 0 unspecified atom stereocenters. The Balaban J connectivity index is 2.17. The molecule has 0 aliphatic heterocycles. The van der Waals surface area contributed by atoms with Crippen molar-refractivity contribution in [2.75, 3.05) is 13.1 Å². The summed E-state index contributed by atoms with van der Waals surface area (Å²) in [5.74, 6) is 0.419. The number of carbonyl (C=O) groups is 1. The van der Waals surface area contributed by atoms with Crippen molar-refractivity contribution in [3.8, 4) is 0 Å². The number of aryl methyl sites for hydroxylation is 1. The van der Waals surface area contributed by atoms with Crippen LogP contribution in [-0.4, -0.2) is 29.3 Å². The quantitative estimate of drug-likeness (QED) is 0.786. The maximum Gasteiger partial charge on any atom is 0.157 e. The monoisotopic (exact) mass is 273 g/mol. The van der Waals surface area contributed by atoms with E-state index >= 15 is 0 Å². The van der Waals surface area contributed by atoms with E-state index in [0.717, 1.165) is 31.5 Å². The molecule has 0 saturated heterocycles. The van der Waals surface area contributed by atoms with E-state index < -0.39 is 0 Å². The van der Waals surface area contributed by atoms with Gasteiger partial charge in [-0.2, -0.15) is 0 Å². The first-order valence-electron chi connectivity index (χ1n) is 7.96. The van der Waals surface area contributed by atoms with Gasteiger partial charge < -0.3 is 0 Å². The normalized spacial score (nSPS) is 17.6. The molecular weight excluding hydrogens is 246 g/mol. The molecule has 1 saturated carbocycles. The van der Waals surface area contributed by atoms with Gasteiger partial charge in [0.15, 0.2) is 5.78 Å². The van der Waals surface area contributed by atoms with E-state index in [2.05, 4.69) is 49.9 Å². The molecule has 1 aromatic rings. The van der Waals surface area contributed by atoms with Crippen LogP contribution in [0.15, 0.2) is 24.3 Å². The zero-order valence-electron chi connectivity index (χ0n) is 13.1. The van der Waals surface area contributed by atoms with Crippen molar-refractivity contribution in [2.24, 2.45) is 0 Å². The fraction of sp³-hybridized carbons (Fsp3) is 0.611. The summed E-state index contributed by atoms with van der Waals surface area (Å²) in [7, 11) is 0. The van der Waals surface area contributed by atoms with Gasteiger partial charge in [0.05, 0.1) is 5.54 Å². The Morgan fingerprint density at radius 2 is 1.65 bits per heavy atom. The van der Waals surface area contributed by atoms with Crippen molar-refractivity contribution in [3.63, 3.8) is 0 Å². The summed E-state index contributed by atoms with van der Waals surface area (Å²) in [5.41, 5.74) is 2.22. The summed E-state index contributed by atoms with van der Waals surface area (Å²) in [6.07, 6.45) is 5.04. The number of ketones is 1. The lowest BCUT2D eigenvalue weighted by Gasteiger charge is -2.39. The van der Waals surface area contributed by atoms with E-state index in [-0.39, 0.29) is 5.54 Å². The van der Waals surface area contributed by atoms with E-state index in [4.69, 9.17) is 0 Å². The van der Waals surface area contributed by atoms with Crippen LogP contribution in [0.4, 0.5) is 0 Å². The van der Waals surface area contributed by atoms with Crippen LogP contribution >= 0.6 is 0 Å². The van der Waals surface area contributed by atoms with Gasteiger partial charge in [-0.3, -0.25) is 9.69 Å². The Morgan fingerprint density at radius 1 is 1.10 bits per heavy atom. The molecule has 2 nitrogen and oxygen atoms in total. The second-order valence-electron chi connectivity index (χ2n) is 6.00. The number of likely N-dealkylation sites (N-methyl/N-ethyl adjacent to an activating group) is 1. The summed E-state index contributed by atoms with van der Waals surface area (Å²) in [5, 5.41) is 0. The van der Waals surface area contributed by atoms with Gasteiger partial charge >= 0.3 is 0 Å². The summed E-state index contributed by atoms with van der Waals surface area (Å²) < 4.78 is 0. The third-order valence-electron chi connectivity index (χ3n) is 4.80. The first-order valence-corrected chi connectivity index (χ1v) is 7.96. The molecule has 110 valence electrons. The van der Waals surface area contributed by atoms with Crippen LogP contribution in [0.25, 0.3) is 0 Å². The first-order chi connectivity index (χ1) is 9.62. The van der Waals surface area contributed by atoms with Gasteiger partial charge in [0, 0.05) is 6.42 Å². The van der Waals surface area contributed by atoms with Crippen LogP contribution in [0, 0.1) is 6.92 Å². The molecule has 0 N–H and O–H groups in total. The number of nitrogens with zero attached hydrogens (tertiary/aromatic N) is 1. The molecular formula is C18H27NO. The molecule has 0 radical (unpaired) electrons. The van der Waals surface area contributed by atoms with Crippen LogP contribution in [0.3, 0.4) is 0 Å². The van der Waals surface area contributed by atoms with Gasteiger partial charge in [0.25, 0.3) is 0 Å². The van der Waals surface area contributed by atoms with E-state index in [9.17, 15) is 4.79 Å². The fourth-order valence-corrected chi connectivity index (χ4v) is 3.62. The van der Waals surface area contributed by atoms with Crippen molar-refractivity contribution in [1.82, 2.24) is 4.90 Å². The summed E-state index contributed by atoms with van der Waals surface area (Å²) >= 11 is 0. The van der Waals surface area contributed by atoms with Crippen molar-refractivity contribution in [2.45, 2.75) is 58.4 Å². The van der Waals surface area contributed by atoms with Gasteiger partial charge in [-0.25, -0.2) is 0 Å². The maximum absolute atomic E-state index is 12.9. The van der Waals surface area contributed by atoms with Crippen LogP contribution in [-0.2, 0) is 11.2 Å². The van der Waals surface area contributed by atoms with Gasteiger partial charge in [-0.05, 0) is 38.4 Å². The molecule has 0 aromatic heterocycles. The average Bonchev–Trinajstić information content (AvgIpc) is 2.93. The predicted molar refractivity (Wildman–Crippen MR) is 84.0 cm³/mol. The van der Waals surface area contributed by atoms with Crippen molar-refractivity contribution < 1.29 is 4.79 Å². The Morgan fingerprint density at radius 3 is 2.15 bits per heavy atom. The van der Waals surface area contributed by atoms with Gasteiger partial charge in [-0.15, -0.1) is 0 Å². The lowest BCUT2D eigenvalue weighted by Crippen LogP contribution is -2.53. The predicted octanol–water partition coefficient (Wildman–Crippen LogP) is 3.76. The number of rotatable bonds is 6. The highest BCUT2D eigenvalue weighted by molar-refractivity contribution is 5.90. The minimum Gasteiger partial charge on any atom is -0.297 e. The van der Waals surface area contributed by atoms with Gasteiger partial charge in [0.2, 0.25) is 0 Å². The maximum atomic E-state index is 12.9. The summed E-state index contributed by atoms with van der Waals surface area (Å²) in [6.45, 7) is 8.36. The largest absolute Gasteiger partial charge is 0.297 e. The highest BCUT2D eigenvalue weighted by atomic mass is 16.1. The molecule has 0 spiro atoms. The number of hydrogen-bond donors (Lipinski definition) is 0. The molecule has 0 amide bonds. The van der Waals surface area contributed by atoms with E-state index in [1.807, 2.05) is 0 Å². The number of carbonyl (C=O) groups excluding carboxylic acids is 1. The molecule has 1 fully saturated rings. The molecule has 0 heterocycles. The van der Waals surface area contributed by atoms with E-state index in [1.54, 1.807) is 0 Å². The van der Waals surface area contributed by atoms with Gasteiger partial charge in [-0.1, -0.05) is 56.5 Å². The van der Waals surface area contributed by atoms with Crippen LogP contribution in [0.1, 0.15) is 50.7 Å². The molecule has 1 aliphatic carbocycles. The first kappa shape index (κ1) is 15.2. The fourth-order valence-electron chi connectivity index (χ4n) is 3.62. The third kappa shape index (κ3) is 2.95. The SMILES string of the molecule is CCN(CC)C1(C(=O)Cc2ccc(C)cc2)CCCC1. The van der Waals surface area contributed by atoms with Crippen molar-refractivity contribution in [1.29, 1.82) is 0 Å². The summed E-state index contributed by atoms with van der Waals surface area (Å²) in [4.78, 5) is 15.3. The van der Waals surface area contributed by atoms with Gasteiger partial charge in [0.1, 0.15) is 0 Å². The minimum absolute atomic E-state index is 0.186. The van der Waals surface area contributed by atoms with E-state index in [0.29, 0.717) is 12.2 Å². The van der Waals surface area contributed by atoms with Crippen LogP contribution in [0.5, 0.6) is 0 Å². The van der Waals surface area contributed by atoms with Crippen molar-refractivity contribution >= 4 is 5.78 Å². The summed E-state index contributed by atoms with van der Waals surface area (Å²) in [6, 6.07) is 8.39. The standard InChI is InChI=1S/C18H27NO/c1-4-19(5-2)18(12-6-7-13-18)17(20)14-16-10-8-15(3)9-11-16/h8-11H,4-7,12-14H2,1-3H3. The molecule has 1 aromatic carbocycles. The average molecular weight is 273 g/mol. The lowest BCUT2D eigenvalue weighted by molar-refractivity contribution is -0.130. The zero-order valence-corrected chi connectivity index (χ0v) is 13.1. The molecule has 1 aliphatic rings. The number of hydrogen-bond acceptors (Lipinski definition) is 2. The Labute approximate surface area is 123 Å². The third-order valence-corrected chi connectivity index (χ3v) is 4.80. The number of benzene rings is 1. The molecule has 20 heavy (non-hydrogen) atoms. The zero-order chi connectivity index (χ0) is 14.6. The second-order valence-corrected chi connectivity index (χ2v) is 6.00. The molecule has 0 atom stereocenters. The Hall–Kier alpha value is -1.15. The van der Waals surface area contributed by atoms with Crippen molar-refractivity contribution in [3.05, 3.63) is 35.4 Å². The lowest BCUT2D eigenvalue weighted by atomic mass is 9.86. The molecule has 0 bridgehead atoms. The highest BCUT2D eigenvalue weighted by Gasteiger charge is 2.44. The topological polar surface area (TPSA) is 20.3 Å².